The number of nitrogens with zero attached hydrogens (tertiary/aromatic N) is 1. The molecule has 0 aliphatic carbocycles. The number of nitrogens with two attached hydrogens (primary N) is 1. The molecule has 0 fully saturated rings. The lowest BCUT2D eigenvalue weighted by Gasteiger charge is -1.92. The zero-order chi connectivity index (χ0) is 29.9. The number of hydrogen-bond acceptors (Lipinski definition) is 6. The number of hydrogen-bond donors (Lipinski definition) is 5. The molecule has 0 atom stereocenters. The first-order valence-corrected chi connectivity index (χ1v) is 12.3. The lowest BCUT2D eigenvalue weighted by Crippen LogP contribution is -2.02. The zero-order valence-electron chi connectivity index (χ0n) is 23.3. The van der Waals surface area contributed by atoms with Gasteiger partial charge in [0.15, 0.2) is 0 Å². The SMILES string of the molecule is Cc1cc[nH]c(=O)c1.Cc1ccc(=O)[nH]c1.Cc1ccc(=O)[nH]c1.Cc1cccc(=O)[nH]1.Cc1cccnc1N. The largest absolute Gasteiger partial charge is 0.383 e. The zero-order valence-corrected chi connectivity index (χ0v) is 23.3. The van der Waals surface area contributed by atoms with Crippen molar-refractivity contribution in [2.75, 3.05) is 5.73 Å². The molecule has 0 saturated carbocycles. The highest BCUT2D eigenvalue weighted by atomic mass is 16.1. The molecule has 5 heterocycles. The summed E-state index contributed by atoms with van der Waals surface area (Å²) in [6.45, 7) is 9.52. The number of aryl methyl sites for hydroxylation is 5. The second-order valence-corrected chi connectivity index (χ2v) is 8.59. The van der Waals surface area contributed by atoms with Gasteiger partial charge in [0.2, 0.25) is 22.2 Å². The van der Waals surface area contributed by atoms with E-state index >= 15 is 0 Å². The summed E-state index contributed by atoms with van der Waals surface area (Å²) in [6.07, 6.45) is 6.69. The molecule has 0 spiro atoms. The fourth-order valence-corrected chi connectivity index (χ4v) is 2.58. The molecule has 40 heavy (non-hydrogen) atoms. The molecule has 5 aromatic heterocycles. The summed E-state index contributed by atoms with van der Waals surface area (Å²) >= 11 is 0. The molecule has 0 amide bonds. The minimum absolute atomic E-state index is 0.0370. The molecular formula is C30H36N6O4. The molecule has 5 rings (SSSR count). The molecule has 0 unspecified atom stereocenters. The molecule has 0 radical (unpaired) electrons. The average Bonchev–Trinajstić information content (AvgIpc) is 2.91. The van der Waals surface area contributed by atoms with Crippen molar-refractivity contribution in [1.82, 2.24) is 24.9 Å². The van der Waals surface area contributed by atoms with Gasteiger partial charge in [-0.1, -0.05) is 24.3 Å². The Bertz CT molecular complexity index is 1500. The van der Waals surface area contributed by atoms with Gasteiger partial charge in [-0.25, -0.2) is 4.98 Å². The number of aromatic nitrogens is 5. The topological polar surface area (TPSA) is 170 Å². The summed E-state index contributed by atoms with van der Waals surface area (Å²) in [5.41, 5.74) is 10.3. The van der Waals surface area contributed by atoms with Crippen molar-refractivity contribution < 1.29 is 0 Å². The molecule has 10 nitrogen and oxygen atoms in total. The first-order chi connectivity index (χ1) is 19.0. The van der Waals surface area contributed by atoms with Crippen LogP contribution >= 0.6 is 0 Å². The van der Waals surface area contributed by atoms with Gasteiger partial charge in [-0.3, -0.25) is 19.2 Å². The Hall–Kier alpha value is -5.25. The third-order valence-corrected chi connectivity index (χ3v) is 4.77. The molecule has 0 aromatic carbocycles. The van der Waals surface area contributed by atoms with Gasteiger partial charge in [0.25, 0.3) is 0 Å². The van der Waals surface area contributed by atoms with E-state index in [2.05, 4.69) is 24.9 Å². The van der Waals surface area contributed by atoms with Gasteiger partial charge in [-0.15, -0.1) is 0 Å². The van der Waals surface area contributed by atoms with Gasteiger partial charge in [0, 0.05) is 54.7 Å². The highest BCUT2D eigenvalue weighted by Crippen LogP contribution is 2.02. The van der Waals surface area contributed by atoms with E-state index in [9.17, 15) is 19.2 Å². The van der Waals surface area contributed by atoms with Crippen LogP contribution in [0.15, 0.2) is 111 Å². The van der Waals surface area contributed by atoms with Crippen molar-refractivity contribution in [2.24, 2.45) is 0 Å². The number of nitrogen functional groups attached to an aromatic ring is 1. The van der Waals surface area contributed by atoms with Crippen LogP contribution in [-0.4, -0.2) is 24.9 Å². The van der Waals surface area contributed by atoms with Gasteiger partial charge in [0.1, 0.15) is 5.82 Å². The van der Waals surface area contributed by atoms with Crippen LogP contribution in [-0.2, 0) is 0 Å². The fourth-order valence-electron chi connectivity index (χ4n) is 2.58. The van der Waals surface area contributed by atoms with Crippen LogP contribution in [0, 0.1) is 34.6 Å². The lowest BCUT2D eigenvalue weighted by molar-refractivity contribution is 1.14. The predicted molar refractivity (Wildman–Crippen MR) is 161 cm³/mol. The van der Waals surface area contributed by atoms with Crippen molar-refractivity contribution in [3.05, 3.63) is 161 Å². The Balaban J connectivity index is 0.000000250. The average molecular weight is 545 g/mol. The van der Waals surface area contributed by atoms with Gasteiger partial charge >= 0.3 is 0 Å². The highest BCUT2D eigenvalue weighted by Gasteiger charge is 1.86. The number of H-pyrrole nitrogens is 4. The first kappa shape index (κ1) is 32.8. The normalized spacial score (nSPS) is 9.12. The molecule has 5 aromatic rings. The summed E-state index contributed by atoms with van der Waals surface area (Å²) in [5, 5.41) is 0. The smallest absolute Gasteiger partial charge is 0.248 e. The van der Waals surface area contributed by atoms with E-state index in [-0.39, 0.29) is 22.2 Å². The molecular weight excluding hydrogens is 508 g/mol. The second-order valence-electron chi connectivity index (χ2n) is 8.59. The van der Waals surface area contributed by atoms with E-state index in [4.69, 9.17) is 5.73 Å². The summed E-state index contributed by atoms with van der Waals surface area (Å²) in [6, 6.07) is 18.8. The summed E-state index contributed by atoms with van der Waals surface area (Å²) < 4.78 is 0. The van der Waals surface area contributed by atoms with Crippen LogP contribution in [0.3, 0.4) is 0 Å². The number of nitrogens with one attached hydrogen (secondary N) is 4. The summed E-state index contributed by atoms with van der Waals surface area (Å²) in [4.78, 5) is 55.7. The monoisotopic (exact) mass is 544 g/mol. The van der Waals surface area contributed by atoms with E-state index in [0.717, 1.165) is 27.9 Å². The molecule has 0 aliphatic heterocycles. The maximum atomic E-state index is 10.4. The Labute approximate surface area is 232 Å². The standard InChI is InChI=1S/C6H8N2.4C6H7NO/c1-5-3-2-4-8-6(5)7;1-5-2-3-7-6(8)4-5;2*1-5-2-3-6(8)7-4-5;1-5-3-2-4-6(8)7-5/h2-4H,1H3,(H2,7,8);4*2-4H,1H3,(H,7,8). The number of pyridine rings is 5. The third-order valence-electron chi connectivity index (χ3n) is 4.77. The summed E-state index contributed by atoms with van der Waals surface area (Å²) in [5.74, 6) is 0.618. The Morgan fingerprint density at radius 1 is 0.600 bits per heavy atom. The van der Waals surface area contributed by atoms with Crippen LogP contribution in [0.25, 0.3) is 0 Å². The van der Waals surface area contributed by atoms with Crippen molar-refractivity contribution >= 4 is 5.82 Å². The van der Waals surface area contributed by atoms with Crippen LogP contribution in [0.5, 0.6) is 0 Å². The van der Waals surface area contributed by atoms with Gasteiger partial charge < -0.3 is 25.7 Å². The van der Waals surface area contributed by atoms with Gasteiger partial charge in [0.05, 0.1) is 0 Å². The van der Waals surface area contributed by atoms with Crippen molar-refractivity contribution in [3.8, 4) is 0 Å². The minimum atomic E-state index is -0.0457. The number of anilines is 1. The lowest BCUT2D eigenvalue weighted by atomic mass is 10.3. The van der Waals surface area contributed by atoms with Crippen molar-refractivity contribution in [2.45, 2.75) is 34.6 Å². The van der Waals surface area contributed by atoms with E-state index < -0.39 is 0 Å². The van der Waals surface area contributed by atoms with E-state index in [1.807, 2.05) is 58.9 Å². The molecule has 210 valence electrons. The van der Waals surface area contributed by atoms with Crippen LogP contribution < -0.4 is 28.0 Å². The Morgan fingerprint density at radius 3 is 1.50 bits per heavy atom. The Morgan fingerprint density at radius 2 is 1.20 bits per heavy atom. The van der Waals surface area contributed by atoms with E-state index in [1.54, 1.807) is 49.1 Å². The number of rotatable bonds is 0. The second kappa shape index (κ2) is 18.1. The van der Waals surface area contributed by atoms with E-state index in [0.29, 0.717) is 5.82 Å². The Kier molecular flexibility index (Phi) is 14.8. The van der Waals surface area contributed by atoms with Gasteiger partial charge in [-0.05, 0) is 75.1 Å². The number of aromatic amines is 4. The van der Waals surface area contributed by atoms with Crippen LogP contribution in [0.4, 0.5) is 5.82 Å². The van der Waals surface area contributed by atoms with Crippen LogP contribution in [0.1, 0.15) is 27.9 Å². The van der Waals surface area contributed by atoms with Crippen molar-refractivity contribution in [3.63, 3.8) is 0 Å². The quantitative estimate of drug-likeness (QED) is 0.199. The molecule has 6 N–H and O–H groups in total. The van der Waals surface area contributed by atoms with Crippen LogP contribution in [0.2, 0.25) is 0 Å². The minimum Gasteiger partial charge on any atom is -0.383 e. The van der Waals surface area contributed by atoms with Crippen molar-refractivity contribution in [1.29, 1.82) is 0 Å². The maximum Gasteiger partial charge on any atom is 0.248 e. The maximum absolute atomic E-state index is 10.4. The van der Waals surface area contributed by atoms with Gasteiger partial charge in [-0.2, -0.15) is 0 Å². The highest BCUT2D eigenvalue weighted by molar-refractivity contribution is 5.36. The molecule has 0 bridgehead atoms. The molecule has 0 aliphatic rings. The fraction of sp³-hybridized carbons (Fsp3) is 0.167. The molecule has 0 saturated heterocycles. The van der Waals surface area contributed by atoms with E-state index in [1.165, 1.54) is 18.2 Å². The third kappa shape index (κ3) is 15.8. The first-order valence-electron chi connectivity index (χ1n) is 12.3. The predicted octanol–water partition coefficient (Wildman–Crippen LogP) is 3.71. The molecule has 10 heteroatoms. The summed E-state index contributed by atoms with van der Waals surface area (Å²) in [7, 11) is 0.